The zero-order chi connectivity index (χ0) is 13.8. The number of hydrogen-bond donors (Lipinski definition) is 2. The lowest BCUT2D eigenvalue weighted by Crippen LogP contribution is -2.34. The molecule has 0 spiro atoms. The molecule has 2 rings (SSSR count). The largest absolute Gasteiger partial charge is 0.398 e. The van der Waals surface area contributed by atoms with E-state index in [1.165, 1.54) is 19.3 Å². The van der Waals surface area contributed by atoms with Gasteiger partial charge in [0, 0.05) is 16.2 Å². The van der Waals surface area contributed by atoms with E-state index in [1.54, 1.807) is 12.1 Å². The summed E-state index contributed by atoms with van der Waals surface area (Å²) in [5, 5.41) is 3.12. The van der Waals surface area contributed by atoms with E-state index in [4.69, 9.17) is 5.73 Å². The Hall–Kier alpha value is -1.03. The summed E-state index contributed by atoms with van der Waals surface area (Å²) in [5.74, 6) is 0.719. The number of nitrogens with one attached hydrogen (secondary N) is 1. The average molecular weight is 325 g/mol. The predicted molar refractivity (Wildman–Crippen MR) is 82.1 cm³/mol. The molecule has 104 valence electrons. The van der Waals surface area contributed by atoms with Gasteiger partial charge in [0.1, 0.15) is 0 Å². The number of carbonyl (C=O) groups excluding carboxylic acids is 1. The third-order valence-electron chi connectivity index (χ3n) is 3.85. The standard InChI is InChI=1S/C15H21BrN2O/c1-10-3-2-4-12(7-5-10)18-15(19)13-9-11(16)6-8-14(13)17/h6,8-10,12H,2-5,7,17H2,1H3,(H,18,19). The maximum atomic E-state index is 12.3. The molecule has 0 aromatic heterocycles. The summed E-state index contributed by atoms with van der Waals surface area (Å²) < 4.78 is 0.876. The fourth-order valence-electron chi connectivity index (χ4n) is 2.62. The van der Waals surface area contributed by atoms with Crippen molar-refractivity contribution in [1.29, 1.82) is 0 Å². The molecule has 0 radical (unpaired) electrons. The first kappa shape index (κ1) is 14.4. The Morgan fingerprint density at radius 2 is 2.11 bits per heavy atom. The number of benzene rings is 1. The van der Waals surface area contributed by atoms with Crippen LogP contribution in [0.1, 0.15) is 49.4 Å². The van der Waals surface area contributed by atoms with Crippen LogP contribution >= 0.6 is 15.9 Å². The van der Waals surface area contributed by atoms with E-state index >= 15 is 0 Å². The van der Waals surface area contributed by atoms with Crippen LogP contribution in [0, 0.1) is 5.92 Å². The van der Waals surface area contributed by atoms with Crippen molar-refractivity contribution in [2.24, 2.45) is 5.92 Å². The van der Waals surface area contributed by atoms with Crippen molar-refractivity contribution < 1.29 is 4.79 Å². The van der Waals surface area contributed by atoms with Crippen LogP contribution in [0.4, 0.5) is 5.69 Å². The summed E-state index contributed by atoms with van der Waals surface area (Å²) in [6, 6.07) is 5.67. The van der Waals surface area contributed by atoms with Crippen LogP contribution in [0.15, 0.2) is 22.7 Å². The number of nitrogen functional groups attached to an aromatic ring is 1. The van der Waals surface area contributed by atoms with E-state index in [0.29, 0.717) is 11.3 Å². The Labute approximate surface area is 123 Å². The van der Waals surface area contributed by atoms with Gasteiger partial charge in [-0.15, -0.1) is 0 Å². The van der Waals surface area contributed by atoms with Crippen molar-refractivity contribution in [1.82, 2.24) is 5.32 Å². The molecule has 2 atom stereocenters. The lowest BCUT2D eigenvalue weighted by molar-refractivity contribution is 0.0934. The smallest absolute Gasteiger partial charge is 0.253 e. The molecule has 2 unspecified atom stereocenters. The van der Waals surface area contributed by atoms with Gasteiger partial charge in [0.2, 0.25) is 0 Å². The van der Waals surface area contributed by atoms with Gasteiger partial charge in [-0.05, 0) is 43.4 Å². The van der Waals surface area contributed by atoms with E-state index in [9.17, 15) is 4.79 Å². The van der Waals surface area contributed by atoms with Gasteiger partial charge in [0.05, 0.1) is 5.56 Å². The summed E-state index contributed by atoms with van der Waals surface area (Å²) in [7, 11) is 0. The number of anilines is 1. The lowest BCUT2D eigenvalue weighted by Gasteiger charge is -2.17. The minimum atomic E-state index is -0.0571. The van der Waals surface area contributed by atoms with Gasteiger partial charge < -0.3 is 11.1 Å². The molecule has 0 heterocycles. The molecular weight excluding hydrogens is 304 g/mol. The molecule has 1 aromatic rings. The molecule has 19 heavy (non-hydrogen) atoms. The Morgan fingerprint density at radius 1 is 1.32 bits per heavy atom. The second-order valence-electron chi connectivity index (χ2n) is 5.52. The van der Waals surface area contributed by atoms with Gasteiger partial charge in [-0.1, -0.05) is 35.7 Å². The molecule has 1 aromatic carbocycles. The monoisotopic (exact) mass is 324 g/mol. The van der Waals surface area contributed by atoms with Crippen molar-refractivity contribution in [3.05, 3.63) is 28.2 Å². The van der Waals surface area contributed by atoms with Crippen LogP contribution in [0.2, 0.25) is 0 Å². The highest BCUT2D eigenvalue weighted by Gasteiger charge is 2.19. The molecule has 1 saturated carbocycles. The van der Waals surface area contributed by atoms with Gasteiger partial charge in [-0.3, -0.25) is 4.79 Å². The molecule has 3 nitrogen and oxygen atoms in total. The number of hydrogen-bond acceptors (Lipinski definition) is 2. The first-order chi connectivity index (χ1) is 9.06. The van der Waals surface area contributed by atoms with Gasteiger partial charge >= 0.3 is 0 Å². The van der Waals surface area contributed by atoms with Gasteiger partial charge in [-0.2, -0.15) is 0 Å². The van der Waals surface area contributed by atoms with Gasteiger partial charge in [0.15, 0.2) is 0 Å². The molecule has 1 aliphatic rings. The number of rotatable bonds is 2. The number of halogens is 1. The summed E-state index contributed by atoms with van der Waals surface area (Å²) in [4.78, 5) is 12.3. The van der Waals surface area contributed by atoms with Crippen molar-refractivity contribution in [3.8, 4) is 0 Å². The topological polar surface area (TPSA) is 55.1 Å². The molecule has 1 amide bonds. The van der Waals surface area contributed by atoms with Crippen molar-refractivity contribution in [2.45, 2.75) is 45.1 Å². The number of carbonyl (C=O) groups is 1. The zero-order valence-corrected chi connectivity index (χ0v) is 12.9. The summed E-state index contributed by atoms with van der Waals surface area (Å²) in [6.07, 6.45) is 5.80. The van der Waals surface area contributed by atoms with Gasteiger partial charge in [0.25, 0.3) is 5.91 Å². The van der Waals surface area contributed by atoms with Gasteiger partial charge in [-0.25, -0.2) is 0 Å². The minimum Gasteiger partial charge on any atom is -0.398 e. The maximum Gasteiger partial charge on any atom is 0.253 e. The molecule has 1 aliphatic carbocycles. The SMILES string of the molecule is CC1CCCC(NC(=O)c2cc(Br)ccc2N)CC1. The summed E-state index contributed by atoms with van der Waals surface area (Å²) in [6.45, 7) is 2.29. The summed E-state index contributed by atoms with van der Waals surface area (Å²) >= 11 is 3.37. The Morgan fingerprint density at radius 3 is 2.89 bits per heavy atom. The summed E-state index contributed by atoms with van der Waals surface area (Å²) in [5.41, 5.74) is 6.96. The predicted octanol–water partition coefficient (Wildman–Crippen LogP) is 3.73. The van der Waals surface area contributed by atoms with E-state index in [-0.39, 0.29) is 11.9 Å². The number of amides is 1. The molecule has 4 heteroatoms. The minimum absolute atomic E-state index is 0.0571. The highest BCUT2D eigenvalue weighted by molar-refractivity contribution is 9.10. The van der Waals surface area contributed by atoms with E-state index in [0.717, 1.165) is 23.2 Å². The zero-order valence-electron chi connectivity index (χ0n) is 11.3. The Balaban J connectivity index is 2.02. The highest BCUT2D eigenvalue weighted by Crippen LogP contribution is 2.24. The molecule has 0 aliphatic heterocycles. The van der Waals surface area contributed by atoms with Crippen LogP contribution in [-0.4, -0.2) is 11.9 Å². The van der Waals surface area contributed by atoms with Crippen LogP contribution < -0.4 is 11.1 Å². The van der Waals surface area contributed by atoms with Crippen LogP contribution in [-0.2, 0) is 0 Å². The van der Waals surface area contributed by atoms with Crippen molar-refractivity contribution >= 4 is 27.5 Å². The van der Waals surface area contributed by atoms with Crippen molar-refractivity contribution in [3.63, 3.8) is 0 Å². The third-order valence-corrected chi connectivity index (χ3v) is 4.35. The average Bonchev–Trinajstić information content (AvgIpc) is 2.57. The van der Waals surface area contributed by atoms with Crippen molar-refractivity contribution in [2.75, 3.05) is 5.73 Å². The lowest BCUT2D eigenvalue weighted by atomic mass is 10.0. The molecule has 0 bridgehead atoms. The molecule has 0 saturated heterocycles. The fraction of sp³-hybridized carbons (Fsp3) is 0.533. The quantitative estimate of drug-likeness (QED) is 0.643. The maximum absolute atomic E-state index is 12.3. The van der Waals surface area contributed by atoms with E-state index in [1.807, 2.05) is 6.07 Å². The first-order valence-electron chi connectivity index (χ1n) is 6.92. The Bertz CT molecular complexity index is 461. The Kier molecular flexibility index (Phi) is 4.86. The van der Waals surface area contributed by atoms with E-state index < -0.39 is 0 Å². The highest BCUT2D eigenvalue weighted by atomic mass is 79.9. The van der Waals surface area contributed by atoms with Crippen LogP contribution in [0.5, 0.6) is 0 Å². The molecular formula is C15H21BrN2O. The number of nitrogens with two attached hydrogens (primary N) is 1. The normalized spacial score (nSPS) is 23.7. The molecule has 3 N–H and O–H groups in total. The molecule has 1 fully saturated rings. The first-order valence-corrected chi connectivity index (χ1v) is 7.71. The fourth-order valence-corrected chi connectivity index (χ4v) is 2.98. The third kappa shape index (κ3) is 3.96. The van der Waals surface area contributed by atoms with E-state index in [2.05, 4.69) is 28.2 Å². The second kappa shape index (κ2) is 6.42. The van der Waals surface area contributed by atoms with Crippen LogP contribution in [0.25, 0.3) is 0 Å². The second-order valence-corrected chi connectivity index (χ2v) is 6.43. The van der Waals surface area contributed by atoms with Crippen LogP contribution in [0.3, 0.4) is 0 Å².